The first kappa shape index (κ1) is 20.0. The summed E-state index contributed by atoms with van der Waals surface area (Å²) in [6.07, 6.45) is 4.62. The lowest BCUT2D eigenvalue weighted by molar-refractivity contribution is 0.0196. The third kappa shape index (κ3) is 3.30. The zero-order chi connectivity index (χ0) is 22.7. The molecule has 0 saturated heterocycles. The van der Waals surface area contributed by atoms with E-state index in [2.05, 4.69) is 39.8 Å². The maximum absolute atomic E-state index is 13.5. The van der Waals surface area contributed by atoms with Crippen LogP contribution in [0.1, 0.15) is 55.1 Å². The second kappa shape index (κ2) is 7.20. The Balaban J connectivity index is 1.41. The van der Waals surface area contributed by atoms with Gasteiger partial charge in [0.2, 0.25) is 0 Å². The van der Waals surface area contributed by atoms with E-state index in [0.29, 0.717) is 11.7 Å². The highest BCUT2D eigenvalue weighted by molar-refractivity contribution is 6.10. The molecule has 2 aromatic heterocycles. The van der Waals surface area contributed by atoms with E-state index in [1.54, 1.807) is 6.20 Å². The molecule has 7 rings (SSSR count). The minimum atomic E-state index is -0.242. The predicted octanol–water partition coefficient (Wildman–Crippen LogP) is 5.43. The number of aromatic nitrogens is 2. The van der Waals surface area contributed by atoms with E-state index in [-0.39, 0.29) is 29.2 Å². The number of rotatable bonds is 5. The molecule has 33 heavy (non-hydrogen) atoms. The summed E-state index contributed by atoms with van der Waals surface area (Å²) in [5, 5.41) is 9.25. The third-order valence-electron chi connectivity index (χ3n) is 7.45. The number of hydrogen-bond acceptors (Lipinski definition) is 4. The molecule has 2 fully saturated rings. The van der Waals surface area contributed by atoms with Gasteiger partial charge in [0, 0.05) is 41.0 Å². The summed E-state index contributed by atoms with van der Waals surface area (Å²) < 4.78 is 0. The fraction of sp³-hybridized carbons (Fsp3) is 0.346. The Bertz CT molecular complexity index is 1260. The summed E-state index contributed by atoms with van der Waals surface area (Å²) in [7, 11) is 0. The summed E-state index contributed by atoms with van der Waals surface area (Å²) in [5.74, 6) is 1.05. The molecule has 4 aliphatic carbocycles. The molecule has 1 aromatic carbocycles. The molecule has 2 heterocycles. The molecule has 7 nitrogen and oxygen atoms in total. The average molecular weight is 442 g/mol. The van der Waals surface area contributed by atoms with Crippen molar-refractivity contribution in [3.05, 3.63) is 59.9 Å². The van der Waals surface area contributed by atoms with Crippen molar-refractivity contribution < 1.29 is 9.59 Å². The highest BCUT2D eigenvalue weighted by atomic mass is 16.2. The first-order chi connectivity index (χ1) is 15.9. The quantitative estimate of drug-likeness (QED) is 0.424. The fourth-order valence-electron chi connectivity index (χ4n) is 5.30. The summed E-state index contributed by atoms with van der Waals surface area (Å²) >= 11 is 0. The van der Waals surface area contributed by atoms with Gasteiger partial charge in [0.05, 0.1) is 16.9 Å². The number of carbonyl (C=O) groups excluding carboxylic acids is 2. The van der Waals surface area contributed by atoms with E-state index >= 15 is 0 Å². The number of H-pyrrole nitrogens is 1. The number of ketones is 1. The maximum atomic E-state index is 13.5. The SMILES string of the molecule is CC1(C)[C@@H]2C[C@H]1C(=O)c1c2[nH]c(-c2ccnc(NC(=O)NC3CC3)c2)c1Nc1ccccc1. The molecule has 4 aliphatic rings. The van der Waals surface area contributed by atoms with Crippen molar-refractivity contribution in [3.8, 4) is 11.3 Å². The predicted molar refractivity (Wildman–Crippen MR) is 128 cm³/mol. The van der Waals surface area contributed by atoms with Crippen LogP contribution in [0.15, 0.2) is 48.7 Å². The van der Waals surface area contributed by atoms with Crippen LogP contribution in [0, 0.1) is 11.3 Å². The molecular formula is C26H27N5O2. The van der Waals surface area contributed by atoms with Crippen molar-refractivity contribution in [2.45, 2.75) is 45.1 Å². The Morgan fingerprint density at radius 1 is 1.12 bits per heavy atom. The molecule has 7 heteroatoms. The molecular weight excluding hydrogens is 414 g/mol. The second-order valence-electron chi connectivity index (χ2n) is 9.98. The summed E-state index contributed by atoms with van der Waals surface area (Å²) in [6.45, 7) is 4.37. The van der Waals surface area contributed by atoms with Crippen molar-refractivity contribution in [1.82, 2.24) is 15.3 Å². The van der Waals surface area contributed by atoms with Crippen LogP contribution in [0.25, 0.3) is 11.3 Å². The van der Waals surface area contributed by atoms with E-state index < -0.39 is 0 Å². The van der Waals surface area contributed by atoms with Crippen molar-refractivity contribution in [2.75, 3.05) is 10.6 Å². The Kier molecular flexibility index (Phi) is 4.37. The largest absolute Gasteiger partial charge is 0.356 e. The first-order valence-corrected chi connectivity index (χ1v) is 11.6. The molecule has 2 atom stereocenters. The van der Waals surface area contributed by atoms with E-state index in [4.69, 9.17) is 0 Å². The molecule has 2 amide bonds. The Morgan fingerprint density at radius 2 is 1.91 bits per heavy atom. The van der Waals surface area contributed by atoms with Gasteiger partial charge in [-0.2, -0.15) is 0 Å². The molecule has 4 N–H and O–H groups in total. The van der Waals surface area contributed by atoms with Gasteiger partial charge >= 0.3 is 6.03 Å². The number of aromatic amines is 1. The summed E-state index contributed by atoms with van der Waals surface area (Å²) in [6, 6.07) is 13.7. The van der Waals surface area contributed by atoms with Crippen LogP contribution in [0.5, 0.6) is 0 Å². The molecule has 3 aromatic rings. The van der Waals surface area contributed by atoms with E-state index in [0.717, 1.165) is 53.2 Å². The van der Waals surface area contributed by atoms with Gasteiger partial charge in [0.25, 0.3) is 0 Å². The molecule has 0 radical (unpaired) electrons. The van der Waals surface area contributed by atoms with Gasteiger partial charge in [-0.1, -0.05) is 32.0 Å². The van der Waals surface area contributed by atoms with Gasteiger partial charge in [0.15, 0.2) is 5.78 Å². The zero-order valence-corrected chi connectivity index (χ0v) is 18.7. The van der Waals surface area contributed by atoms with Gasteiger partial charge < -0.3 is 15.6 Å². The number of urea groups is 1. The van der Waals surface area contributed by atoms with Gasteiger partial charge in [-0.05, 0) is 48.9 Å². The van der Waals surface area contributed by atoms with Crippen LogP contribution >= 0.6 is 0 Å². The Labute approximate surface area is 192 Å². The van der Waals surface area contributed by atoms with Crippen LogP contribution < -0.4 is 16.0 Å². The van der Waals surface area contributed by atoms with Crippen LogP contribution in [-0.2, 0) is 0 Å². The Morgan fingerprint density at radius 3 is 2.64 bits per heavy atom. The summed E-state index contributed by atoms with van der Waals surface area (Å²) in [5.41, 5.74) is 5.17. The number of para-hydroxylation sites is 1. The van der Waals surface area contributed by atoms with Crippen molar-refractivity contribution in [3.63, 3.8) is 0 Å². The van der Waals surface area contributed by atoms with E-state index in [1.807, 2.05) is 42.5 Å². The van der Waals surface area contributed by atoms with Crippen LogP contribution in [0.3, 0.4) is 0 Å². The van der Waals surface area contributed by atoms with Crippen LogP contribution in [0.4, 0.5) is 22.0 Å². The van der Waals surface area contributed by atoms with E-state index in [9.17, 15) is 9.59 Å². The van der Waals surface area contributed by atoms with Crippen LogP contribution in [-0.4, -0.2) is 27.8 Å². The van der Waals surface area contributed by atoms with Crippen molar-refractivity contribution in [2.24, 2.45) is 11.3 Å². The monoisotopic (exact) mass is 441 g/mol. The third-order valence-corrected chi connectivity index (χ3v) is 7.45. The minimum absolute atomic E-state index is 0.0396. The minimum Gasteiger partial charge on any atom is -0.356 e. The highest BCUT2D eigenvalue weighted by Crippen LogP contribution is 2.63. The smallest absolute Gasteiger partial charge is 0.320 e. The molecule has 0 unspecified atom stereocenters. The van der Waals surface area contributed by atoms with Crippen molar-refractivity contribution >= 4 is 29.0 Å². The Hall–Kier alpha value is -3.61. The fourth-order valence-corrected chi connectivity index (χ4v) is 5.30. The number of anilines is 3. The van der Waals surface area contributed by atoms with Gasteiger partial charge in [-0.3, -0.25) is 10.1 Å². The lowest BCUT2D eigenvalue weighted by Crippen LogP contribution is -2.51. The van der Waals surface area contributed by atoms with Crippen LogP contribution in [0.2, 0.25) is 0 Å². The lowest BCUT2D eigenvalue weighted by atomic mass is 9.48. The number of Topliss-reactive ketones (excluding diaryl/α,β-unsaturated/α-hetero) is 1. The number of amides is 2. The number of nitrogens with one attached hydrogen (secondary N) is 4. The molecule has 2 saturated carbocycles. The van der Waals surface area contributed by atoms with E-state index in [1.165, 1.54) is 0 Å². The maximum Gasteiger partial charge on any atom is 0.320 e. The highest BCUT2D eigenvalue weighted by Gasteiger charge is 2.58. The molecule has 168 valence electrons. The number of hydrogen-bond donors (Lipinski definition) is 4. The standard InChI is InChI=1S/C26H27N5O2/c1-26(2)17-13-18(26)24(32)20-22(17)31-21(23(20)28-15-6-4-3-5-7-15)14-10-11-27-19(12-14)30-25(33)29-16-8-9-16/h3-7,10-12,16-18,28,31H,8-9,13H2,1-2H3,(H2,27,29,30,33)/t17-,18+/m1/s1. The molecule has 2 bridgehead atoms. The number of pyridine rings is 1. The second-order valence-corrected chi connectivity index (χ2v) is 9.98. The zero-order valence-electron chi connectivity index (χ0n) is 18.7. The normalized spacial score (nSPS) is 22.2. The number of nitrogens with zero attached hydrogens (tertiary/aromatic N) is 1. The molecule has 0 spiro atoms. The lowest BCUT2D eigenvalue weighted by Gasteiger charge is -2.54. The van der Waals surface area contributed by atoms with Gasteiger partial charge in [-0.15, -0.1) is 0 Å². The number of benzene rings is 1. The van der Waals surface area contributed by atoms with Gasteiger partial charge in [0.1, 0.15) is 5.82 Å². The topological polar surface area (TPSA) is 98.9 Å². The van der Waals surface area contributed by atoms with Crippen molar-refractivity contribution in [1.29, 1.82) is 0 Å². The first-order valence-electron chi connectivity index (χ1n) is 11.6. The van der Waals surface area contributed by atoms with Gasteiger partial charge in [-0.25, -0.2) is 9.78 Å². The average Bonchev–Trinajstić information content (AvgIpc) is 3.52. The summed E-state index contributed by atoms with van der Waals surface area (Å²) in [4.78, 5) is 33.6. The number of carbonyl (C=O) groups is 2. The molecule has 0 aliphatic heterocycles.